The number of nitrogens with one attached hydrogen (secondary N) is 1. The largest absolute Gasteiger partial charge is 0.481 e. The Hall–Kier alpha value is -1.56. The first-order chi connectivity index (χ1) is 7.54. The number of carboxylic acid groups (broad SMARTS) is 1. The number of thiophene rings is 1. The Morgan fingerprint density at radius 1 is 1.56 bits per heavy atom. The highest BCUT2D eigenvalue weighted by Crippen LogP contribution is 2.28. The summed E-state index contributed by atoms with van der Waals surface area (Å²) in [4.78, 5) is 22.5. The van der Waals surface area contributed by atoms with Gasteiger partial charge in [0.2, 0.25) is 0 Å². The van der Waals surface area contributed by atoms with E-state index in [-0.39, 0.29) is 6.42 Å². The molecule has 0 atom stereocenters. The van der Waals surface area contributed by atoms with Crippen molar-refractivity contribution in [1.82, 2.24) is 0 Å². The molecule has 5 nitrogen and oxygen atoms in total. The van der Waals surface area contributed by atoms with Crippen LogP contribution in [0.4, 0.5) is 5.00 Å². The summed E-state index contributed by atoms with van der Waals surface area (Å²) in [6, 6.07) is 1.75. The number of aryl methyl sites for hydroxylation is 1. The summed E-state index contributed by atoms with van der Waals surface area (Å²) in [5.41, 5.74) is 5.66. The van der Waals surface area contributed by atoms with Crippen LogP contribution >= 0.6 is 11.3 Å². The van der Waals surface area contributed by atoms with Crippen LogP contribution in [0.2, 0.25) is 0 Å². The molecule has 0 aromatic carbocycles. The van der Waals surface area contributed by atoms with Crippen molar-refractivity contribution in [2.75, 3.05) is 11.9 Å². The Bertz CT molecular complexity index is 401. The van der Waals surface area contributed by atoms with E-state index in [0.717, 1.165) is 11.3 Å². The van der Waals surface area contributed by atoms with Crippen LogP contribution in [-0.2, 0) is 11.2 Å². The molecule has 1 aromatic heterocycles. The van der Waals surface area contributed by atoms with Gasteiger partial charge in [0.25, 0.3) is 5.91 Å². The number of carbonyl (C=O) groups excluding carboxylic acids is 1. The van der Waals surface area contributed by atoms with Crippen LogP contribution in [0.15, 0.2) is 6.07 Å². The van der Waals surface area contributed by atoms with Gasteiger partial charge < -0.3 is 16.2 Å². The van der Waals surface area contributed by atoms with E-state index in [9.17, 15) is 9.59 Å². The van der Waals surface area contributed by atoms with Gasteiger partial charge >= 0.3 is 5.97 Å². The molecule has 6 heteroatoms. The number of carbonyl (C=O) groups is 2. The zero-order chi connectivity index (χ0) is 12.1. The summed E-state index contributed by atoms with van der Waals surface area (Å²) in [5.74, 6) is -1.37. The van der Waals surface area contributed by atoms with E-state index in [1.54, 1.807) is 6.07 Å². The molecular weight excluding hydrogens is 228 g/mol. The predicted molar refractivity (Wildman–Crippen MR) is 63.0 cm³/mol. The normalized spacial score (nSPS) is 10.1. The number of nitrogens with two attached hydrogens (primary N) is 1. The van der Waals surface area contributed by atoms with Gasteiger partial charge in [-0.15, -0.1) is 11.3 Å². The van der Waals surface area contributed by atoms with Crippen LogP contribution < -0.4 is 11.1 Å². The highest BCUT2D eigenvalue weighted by atomic mass is 32.1. The van der Waals surface area contributed by atoms with Crippen LogP contribution in [0.5, 0.6) is 0 Å². The average Bonchev–Trinajstić information content (AvgIpc) is 2.60. The third-order valence-corrected chi connectivity index (χ3v) is 3.26. The topological polar surface area (TPSA) is 92.4 Å². The van der Waals surface area contributed by atoms with Gasteiger partial charge in [-0.2, -0.15) is 0 Å². The second kappa shape index (κ2) is 5.50. The lowest BCUT2D eigenvalue weighted by Gasteiger charge is -2.02. The summed E-state index contributed by atoms with van der Waals surface area (Å²) in [7, 11) is 0. The van der Waals surface area contributed by atoms with Gasteiger partial charge in [-0.1, -0.05) is 6.92 Å². The molecule has 1 heterocycles. The second-order valence-corrected chi connectivity index (χ2v) is 4.38. The molecule has 0 radical (unpaired) electrons. The SMILES string of the molecule is CCc1cc(C(N)=O)c(NCCC(=O)O)s1. The maximum atomic E-state index is 11.1. The van der Waals surface area contributed by atoms with Gasteiger partial charge in [0.15, 0.2) is 0 Å². The van der Waals surface area contributed by atoms with Gasteiger partial charge in [0.05, 0.1) is 12.0 Å². The molecule has 0 aliphatic rings. The fourth-order valence-corrected chi connectivity index (χ4v) is 2.24. The summed E-state index contributed by atoms with van der Waals surface area (Å²) in [6.07, 6.45) is 0.836. The van der Waals surface area contributed by atoms with Crippen molar-refractivity contribution in [3.05, 3.63) is 16.5 Å². The van der Waals surface area contributed by atoms with Crippen LogP contribution in [0.1, 0.15) is 28.6 Å². The molecule has 4 N–H and O–H groups in total. The quantitative estimate of drug-likeness (QED) is 0.701. The molecule has 1 aromatic rings. The maximum Gasteiger partial charge on any atom is 0.305 e. The molecule has 0 fully saturated rings. The summed E-state index contributed by atoms with van der Waals surface area (Å²) < 4.78 is 0. The maximum absolute atomic E-state index is 11.1. The molecule has 0 unspecified atom stereocenters. The summed E-state index contributed by atoms with van der Waals surface area (Å²) in [5, 5.41) is 12.1. The lowest BCUT2D eigenvalue weighted by Crippen LogP contribution is -2.14. The zero-order valence-electron chi connectivity index (χ0n) is 8.95. The fourth-order valence-electron chi connectivity index (χ4n) is 1.21. The van der Waals surface area contributed by atoms with E-state index in [1.165, 1.54) is 11.3 Å². The number of hydrogen-bond acceptors (Lipinski definition) is 4. The number of aliphatic carboxylic acids is 1. The molecule has 16 heavy (non-hydrogen) atoms. The summed E-state index contributed by atoms with van der Waals surface area (Å²) in [6.45, 7) is 2.27. The van der Waals surface area contributed by atoms with Crippen LogP contribution in [0.25, 0.3) is 0 Å². The van der Waals surface area contributed by atoms with E-state index >= 15 is 0 Å². The predicted octanol–water partition coefficient (Wildman–Crippen LogP) is 1.30. The van der Waals surface area contributed by atoms with Crippen molar-refractivity contribution in [1.29, 1.82) is 0 Å². The Balaban J connectivity index is 2.73. The van der Waals surface area contributed by atoms with Gasteiger partial charge in [-0.05, 0) is 12.5 Å². The lowest BCUT2D eigenvalue weighted by molar-refractivity contribution is -0.136. The van der Waals surface area contributed by atoms with Crippen molar-refractivity contribution < 1.29 is 14.7 Å². The first-order valence-corrected chi connectivity index (χ1v) is 5.74. The Morgan fingerprint density at radius 2 is 2.25 bits per heavy atom. The van der Waals surface area contributed by atoms with Crippen molar-refractivity contribution in [2.45, 2.75) is 19.8 Å². The average molecular weight is 242 g/mol. The Kier molecular flexibility index (Phi) is 4.30. The third kappa shape index (κ3) is 3.23. The number of carboxylic acids is 1. The fraction of sp³-hybridized carbons (Fsp3) is 0.400. The van der Waals surface area contributed by atoms with Crippen molar-refractivity contribution in [3.63, 3.8) is 0 Å². The van der Waals surface area contributed by atoms with Gasteiger partial charge in [0.1, 0.15) is 5.00 Å². The Labute approximate surface area is 97.3 Å². The zero-order valence-corrected chi connectivity index (χ0v) is 9.76. The molecule has 0 bridgehead atoms. The molecule has 0 saturated heterocycles. The molecule has 1 amide bonds. The smallest absolute Gasteiger partial charge is 0.305 e. The Morgan fingerprint density at radius 3 is 2.75 bits per heavy atom. The monoisotopic (exact) mass is 242 g/mol. The number of primary amides is 1. The van der Waals surface area contributed by atoms with Gasteiger partial charge in [-0.25, -0.2) is 0 Å². The molecule has 0 aliphatic heterocycles. The van der Waals surface area contributed by atoms with E-state index in [4.69, 9.17) is 10.8 Å². The first-order valence-electron chi connectivity index (χ1n) is 4.92. The van der Waals surface area contributed by atoms with E-state index in [1.807, 2.05) is 6.92 Å². The lowest BCUT2D eigenvalue weighted by atomic mass is 10.2. The minimum absolute atomic E-state index is 0.0115. The molecule has 0 spiro atoms. The van der Waals surface area contributed by atoms with Crippen LogP contribution in [0.3, 0.4) is 0 Å². The third-order valence-electron chi connectivity index (χ3n) is 2.02. The molecule has 0 saturated carbocycles. The minimum atomic E-state index is -0.875. The first kappa shape index (κ1) is 12.5. The van der Waals surface area contributed by atoms with E-state index in [2.05, 4.69) is 5.32 Å². The standard InChI is InChI=1S/C10H14N2O3S/c1-2-6-5-7(9(11)15)10(16-6)12-4-3-8(13)14/h5,12H,2-4H2,1H3,(H2,11,15)(H,13,14). The second-order valence-electron chi connectivity index (χ2n) is 3.24. The molecular formula is C10H14N2O3S. The number of amides is 1. The van der Waals surface area contributed by atoms with Crippen molar-refractivity contribution in [3.8, 4) is 0 Å². The number of rotatable bonds is 6. The van der Waals surface area contributed by atoms with Crippen LogP contribution in [0, 0.1) is 0 Å². The van der Waals surface area contributed by atoms with Gasteiger partial charge in [-0.3, -0.25) is 9.59 Å². The van der Waals surface area contributed by atoms with Crippen molar-refractivity contribution >= 4 is 28.2 Å². The van der Waals surface area contributed by atoms with E-state index < -0.39 is 11.9 Å². The van der Waals surface area contributed by atoms with E-state index in [0.29, 0.717) is 17.1 Å². The van der Waals surface area contributed by atoms with Crippen LogP contribution in [-0.4, -0.2) is 23.5 Å². The minimum Gasteiger partial charge on any atom is -0.481 e. The number of anilines is 1. The molecule has 1 rings (SSSR count). The molecule has 88 valence electrons. The highest BCUT2D eigenvalue weighted by molar-refractivity contribution is 7.16. The highest BCUT2D eigenvalue weighted by Gasteiger charge is 2.12. The summed E-state index contributed by atoms with van der Waals surface area (Å²) >= 11 is 1.43. The molecule has 0 aliphatic carbocycles. The number of hydrogen-bond donors (Lipinski definition) is 3. The van der Waals surface area contributed by atoms with Gasteiger partial charge in [0, 0.05) is 11.4 Å². The van der Waals surface area contributed by atoms with Crippen molar-refractivity contribution in [2.24, 2.45) is 5.73 Å².